The maximum absolute atomic E-state index is 11.7. The first-order chi connectivity index (χ1) is 6.81. The Morgan fingerprint density at radius 3 is 2.13 bits per heavy atom. The van der Waals surface area contributed by atoms with Crippen molar-refractivity contribution in [1.29, 1.82) is 0 Å². The number of ketones is 2. The number of Topliss-reactive ketones (excluding diaryl/α,β-unsaturated/α-hetero) is 2. The molecule has 0 saturated heterocycles. The van der Waals surface area contributed by atoms with Gasteiger partial charge in [-0.2, -0.15) is 0 Å². The number of rotatable bonds is 7. The van der Waals surface area contributed by atoms with E-state index in [-0.39, 0.29) is 12.2 Å². The van der Waals surface area contributed by atoms with Crippen LogP contribution in [-0.2, 0) is 14.4 Å². The number of unbranched alkanes of at least 4 members (excludes halogenated alkanes) is 1. The molecule has 15 heavy (non-hydrogen) atoms. The predicted molar refractivity (Wildman–Crippen MR) is 57.1 cm³/mol. The fraction of sp³-hybridized carbons (Fsp3) is 0.727. The normalized spacial score (nSPS) is 11.1. The Balaban J connectivity index is 4.30. The van der Waals surface area contributed by atoms with E-state index in [4.69, 9.17) is 5.73 Å². The maximum atomic E-state index is 11.7. The van der Waals surface area contributed by atoms with Gasteiger partial charge in [-0.25, -0.2) is 0 Å². The van der Waals surface area contributed by atoms with Gasteiger partial charge in [0.15, 0.2) is 0 Å². The molecule has 4 heteroatoms. The second kappa shape index (κ2) is 5.63. The largest absolute Gasteiger partial charge is 0.363 e. The number of hydrogen-bond acceptors (Lipinski definition) is 3. The Morgan fingerprint density at radius 1 is 1.20 bits per heavy atom. The third kappa shape index (κ3) is 4.72. The van der Waals surface area contributed by atoms with Crippen LogP contribution in [0.1, 0.15) is 46.5 Å². The highest BCUT2D eigenvalue weighted by Crippen LogP contribution is 2.25. The molecule has 0 aromatic heterocycles. The van der Waals surface area contributed by atoms with Crippen LogP contribution in [-0.4, -0.2) is 17.5 Å². The zero-order valence-electron chi connectivity index (χ0n) is 9.63. The summed E-state index contributed by atoms with van der Waals surface area (Å²) >= 11 is 0. The van der Waals surface area contributed by atoms with Crippen LogP contribution in [0.5, 0.6) is 0 Å². The molecule has 0 unspecified atom stereocenters. The topological polar surface area (TPSA) is 77.2 Å². The molecule has 0 rings (SSSR count). The van der Waals surface area contributed by atoms with Gasteiger partial charge in [0.25, 0.3) is 5.91 Å². The highest BCUT2D eigenvalue weighted by molar-refractivity contribution is 6.39. The molecule has 0 heterocycles. The summed E-state index contributed by atoms with van der Waals surface area (Å²) in [5, 5.41) is 0. The van der Waals surface area contributed by atoms with Crippen molar-refractivity contribution in [2.75, 3.05) is 0 Å². The monoisotopic (exact) mass is 213 g/mol. The van der Waals surface area contributed by atoms with E-state index in [9.17, 15) is 14.4 Å². The summed E-state index contributed by atoms with van der Waals surface area (Å²) in [5.74, 6) is -2.04. The van der Waals surface area contributed by atoms with Crippen molar-refractivity contribution in [2.45, 2.75) is 46.5 Å². The zero-order chi connectivity index (χ0) is 12.1. The van der Waals surface area contributed by atoms with Crippen LogP contribution in [0, 0.1) is 5.41 Å². The van der Waals surface area contributed by atoms with Gasteiger partial charge in [0.05, 0.1) is 6.42 Å². The SMILES string of the molecule is CCCCC(C)(C)C(=O)CC(=O)C(N)=O. The summed E-state index contributed by atoms with van der Waals surface area (Å²) in [4.78, 5) is 33.1. The molecular weight excluding hydrogens is 194 g/mol. The molecule has 0 saturated carbocycles. The van der Waals surface area contributed by atoms with Gasteiger partial charge in [-0.15, -0.1) is 0 Å². The van der Waals surface area contributed by atoms with Crippen LogP contribution < -0.4 is 5.73 Å². The lowest BCUT2D eigenvalue weighted by Crippen LogP contribution is -2.31. The van der Waals surface area contributed by atoms with E-state index in [1.165, 1.54) is 0 Å². The van der Waals surface area contributed by atoms with Crippen molar-refractivity contribution in [2.24, 2.45) is 11.1 Å². The Morgan fingerprint density at radius 2 is 1.73 bits per heavy atom. The average molecular weight is 213 g/mol. The molecule has 0 atom stereocenters. The Kier molecular flexibility index (Phi) is 5.19. The molecule has 4 nitrogen and oxygen atoms in total. The average Bonchev–Trinajstić information content (AvgIpc) is 2.14. The Labute approximate surface area is 90.2 Å². The van der Waals surface area contributed by atoms with Crippen LogP contribution in [0.4, 0.5) is 0 Å². The molecule has 0 bridgehead atoms. The fourth-order valence-corrected chi connectivity index (χ4v) is 1.23. The van der Waals surface area contributed by atoms with Crippen molar-refractivity contribution in [3.05, 3.63) is 0 Å². The first kappa shape index (κ1) is 13.8. The molecule has 0 spiro atoms. The minimum Gasteiger partial charge on any atom is -0.363 e. The van der Waals surface area contributed by atoms with Gasteiger partial charge < -0.3 is 5.73 Å². The van der Waals surface area contributed by atoms with Crippen molar-refractivity contribution in [3.8, 4) is 0 Å². The smallest absolute Gasteiger partial charge is 0.285 e. The lowest BCUT2D eigenvalue weighted by molar-refractivity contribution is -0.140. The fourth-order valence-electron chi connectivity index (χ4n) is 1.23. The molecule has 0 aromatic rings. The second-order valence-corrected chi connectivity index (χ2v) is 4.37. The molecular formula is C11H19NO3. The number of carbonyl (C=O) groups is 3. The number of hydrogen-bond donors (Lipinski definition) is 1. The van der Waals surface area contributed by atoms with Gasteiger partial charge in [0, 0.05) is 5.41 Å². The summed E-state index contributed by atoms with van der Waals surface area (Å²) in [6.07, 6.45) is 2.30. The Bertz CT molecular complexity index is 269. The minimum absolute atomic E-state index is 0.209. The lowest BCUT2D eigenvalue weighted by atomic mass is 9.81. The van der Waals surface area contributed by atoms with Gasteiger partial charge in [0.1, 0.15) is 5.78 Å². The third-order valence-corrected chi connectivity index (χ3v) is 2.51. The highest BCUT2D eigenvalue weighted by Gasteiger charge is 2.29. The van der Waals surface area contributed by atoms with Crippen molar-refractivity contribution in [3.63, 3.8) is 0 Å². The molecule has 0 aromatic carbocycles. The van der Waals surface area contributed by atoms with Crippen LogP contribution in [0.25, 0.3) is 0 Å². The molecule has 2 N–H and O–H groups in total. The van der Waals surface area contributed by atoms with E-state index in [1.807, 2.05) is 6.92 Å². The van der Waals surface area contributed by atoms with Crippen molar-refractivity contribution < 1.29 is 14.4 Å². The summed E-state index contributed by atoms with van der Waals surface area (Å²) in [5.41, 5.74) is 4.25. The summed E-state index contributed by atoms with van der Waals surface area (Å²) in [6.45, 7) is 5.62. The maximum Gasteiger partial charge on any atom is 0.285 e. The van der Waals surface area contributed by atoms with Gasteiger partial charge in [-0.1, -0.05) is 33.6 Å². The van der Waals surface area contributed by atoms with E-state index in [1.54, 1.807) is 13.8 Å². The minimum atomic E-state index is -1.03. The molecule has 0 aliphatic carbocycles. The number of amides is 1. The first-order valence-corrected chi connectivity index (χ1v) is 5.17. The standard InChI is InChI=1S/C11H19NO3/c1-4-5-6-11(2,3)9(14)7-8(13)10(12)15/h4-7H2,1-3H3,(H2,12,15). The van der Waals surface area contributed by atoms with Crippen LogP contribution in [0.2, 0.25) is 0 Å². The van der Waals surface area contributed by atoms with Gasteiger partial charge in [0.2, 0.25) is 5.78 Å². The quantitative estimate of drug-likeness (QED) is 0.510. The van der Waals surface area contributed by atoms with E-state index in [0.29, 0.717) is 0 Å². The second-order valence-electron chi connectivity index (χ2n) is 4.37. The number of nitrogens with two attached hydrogens (primary N) is 1. The van der Waals surface area contributed by atoms with E-state index < -0.39 is 17.1 Å². The van der Waals surface area contributed by atoms with Crippen molar-refractivity contribution >= 4 is 17.5 Å². The van der Waals surface area contributed by atoms with Crippen molar-refractivity contribution in [1.82, 2.24) is 0 Å². The Hall–Kier alpha value is -1.19. The molecule has 0 aliphatic rings. The summed E-state index contributed by atoms with van der Waals surface area (Å²) in [7, 11) is 0. The molecule has 0 radical (unpaired) electrons. The molecule has 1 amide bonds. The molecule has 86 valence electrons. The van der Waals surface area contributed by atoms with Gasteiger partial charge in [-0.3, -0.25) is 14.4 Å². The zero-order valence-corrected chi connectivity index (χ0v) is 9.63. The molecule has 0 fully saturated rings. The van der Waals surface area contributed by atoms with Crippen LogP contribution in [0.15, 0.2) is 0 Å². The van der Waals surface area contributed by atoms with E-state index >= 15 is 0 Å². The van der Waals surface area contributed by atoms with Crippen LogP contribution >= 0.6 is 0 Å². The number of carbonyl (C=O) groups excluding carboxylic acids is 3. The van der Waals surface area contributed by atoms with Gasteiger partial charge in [-0.05, 0) is 6.42 Å². The van der Waals surface area contributed by atoms with Gasteiger partial charge >= 0.3 is 0 Å². The van der Waals surface area contributed by atoms with Crippen LogP contribution in [0.3, 0.4) is 0 Å². The molecule has 0 aliphatic heterocycles. The summed E-state index contributed by atoms with van der Waals surface area (Å²) in [6, 6.07) is 0. The van der Waals surface area contributed by atoms with E-state index in [2.05, 4.69) is 0 Å². The lowest BCUT2D eigenvalue weighted by Gasteiger charge is -2.21. The van der Waals surface area contributed by atoms with E-state index in [0.717, 1.165) is 19.3 Å². The number of primary amides is 1. The summed E-state index contributed by atoms with van der Waals surface area (Å²) < 4.78 is 0. The highest BCUT2D eigenvalue weighted by atomic mass is 16.2. The predicted octanol–water partition coefficient (Wildman–Crippen LogP) is 1.22. The first-order valence-electron chi connectivity index (χ1n) is 5.17. The third-order valence-electron chi connectivity index (χ3n) is 2.51.